The van der Waals surface area contributed by atoms with Gasteiger partial charge in [-0.15, -0.1) is 0 Å². The zero-order valence-corrected chi connectivity index (χ0v) is 28.1. The monoisotopic (exact) mass is 646 g/mol. The molecule has 0 unspecified atom stereocenters. The lowest BCUT2D eigenvalue weighted by atomic mass is 10.0. The maximum atomic E-state index is 8.58. The molecule has 0 fully saturated rings. The van der Waals surface area contributed by atoms with Crippen molar-refractivity contribution in [1.29, 1.82) is 0 Å². The fourth-order valence-electron chi connectivity index (χ4n) is 4.03. The van der Waals surface area contributed by atoms with E-state index in [-0.39, 0.29) is 6.61 Å². The lowest BCUT2D eigenvalue weighted by molar-refractivity contribution is -0.0258. The van der Waals surface area contributed by atoms with E-state index in [0.29, 0.717) is 126 Å². The summed E-state index contributed by atoms with van der Waals surface area (Å²) in [7, 11) is 0. The molecular formula is C34H62O11. The molecule has 1 aromatic rings. The van der Waals surface area contributed by atoms with Crippen molar-refractivity contribution in [1.82, 2.24) is 0 Å². The summed E-state index contributed by atoms with van der Waals surface area (Å²) < 4.78 is 54.9. The maximum absolute atomic E-state index is 8.58. The van der Waals surface area contributed by atoms with Crippen molar-refractivity contribution in [3.8, 4) is 5.75 Å². The molecule has 0 aromatic heterocycles. The Morgan fingerprint density at radius 3 is 1.24 bits per heavy atom. The van der Waals surface area contributed by atoms with Crippen LogP contribution in [0, 0.1) is 5.92 Å². The second-order valence-electron chi connectivity index (χ2n) is 10.7. The Labute approximate surface area is 272 Å². The minimum absolute atomic E-state index is 0.0279. The third-order valence-corrected chi connectivity index (χ3v) is 6.40. The molecule has 264 valence electrons. The highest BCUT2D eigenvalue weighted by Gasteiger charge is 2.04. The third kappa shape index (κ3) is 29.7. The van der Waals surface area contributed by atoms with Crippen molar-refractivity contribution in [2.75, 3.05) is 132 Å². The number of benzene rings is 1. The van der Waals surface area contributed by atoms with E-state index in [1.807, 2.05) is 12.1 Å². The zero-order valence-electron chi connectivity index (χ0n) is 28.1. The van der Waals surface area contributed by atoms with E-state index in [2.05, 4.69) is 26.0 Å². The molecule has 11 heteroatoms. The average Bonchev–Trinajstić information content (AvgIpc) is 3.04. The van der Waals surface area contributed by atoms with Gasteiger partial charge in [-0.3, -0.25) is 0 Å². The second kappa shape index (κ2) is 34.0. The van der Waals surface area contributed by atoms with E-state index in [1.165, 1.54) is 31.2 Å². The SMILES string of the molecule is CC(C)CCCCCc1ccccc1OCCOCCOCCOCCOCCOCCOCCOCCOCCOCCO. The summed E-state index contributed by atoms with van der Waals surface area (Å²) in [6.45, 7) is 14.2. The summed E-state index contributed by atoms with van der Waals surface area (Å²) in [5.74, 6) is 1.75. The summed E-state index contributed by atoms with van der Waals surface area (Å²) in [6, 6.07) is 8.31. The second-order valence-corrected chi connectivity index (χ2v) is 10.7. The molecule has 0 saturated heterocycles. The molecule has 1 aromatic carbocycles. The number of hydrogen-bond acceptors (Lipinski definition) is 11. The van der Waals surface area contributed by atoms with Gasteiger partial charge in [0.05, 0.1) is 126 Å². The molecule has 0 saturated carbocycles. The molecule has 1 rings (SSSR count). The highest BCUT2D eigenvalue weighted by atomic mass is 16.6. The number of aliphatic hydroxyl groups excluding tert-OH is 1. The van der Waals surface area contributed by atoms with Crippen LogP contribution in [0.1, 0.15) is 45.1 Å². The molecule has 0 bridgehead atoms. The molecule has 0 spiro atoms. The van der Waals surface area contributed by atoms with E-state index < -0.39 is 0 Å². The Bertz CT molecular complexity index is 723. The van der Waals surface area contributed by atoms with Gasteiger partial charge in [-0.1, -0.05) is 51.3 Å². The number of rotatable bonds is 36. The third-order valence-electron chi connectivity index (χ3n) is 6.40. The van der Waals surface area contributed by atoms with E-state index in [4.69, 9.17) is 52.5 Å². The standard InChI is InChI=1S/C34H62O11/c1-32(2)8-4-3-5-9-33-10-6-7-11-34(33)45-31-30-44-29-28-43-27-26-42-25-24-41-23-22-40-21-20-39-19-18-38-17-16-37-15-14-36-13-12-35/h6-7,10-11,32,35H,3-5,8-9,12-31H2,1-2H3. The van der Waals surface area contributed by atoms with Gasteiger partial charge >= 0.3 is 0 Å². The maximum Gasteiger partial charge on any atom is 0.122 e. The summed E-state index contributed by atoms with van der Waals surface area (Å²) in [5, 5.41) is 8.58. The number of ether oxygens (including phenoxy) is 10. The Morgan fingerprint density at radius 1 is 0.467 bits per heavy atom. The fraction of sp³-hybridized carbons (Fsp3) is 0.824. The largest absolute Gasteiger partial charge is 0.491 e. The zero-order chi connectivity index (χ0) is 32.3. The van der Waals surface area contributed by atoms with Crippen molar-refractivity contribution in [3.63, 3.8) is 0 Å². The van der Waals surface area contributed by atoms with Crippen LogP contribution in [0.3, 0.4) is 0 Å². The van der Waals surface area contributed by atoms with Crippen LogP contribution < -0.4 is 4.74 Å². The first-order valence-electron chi connectivity index (χ1n) is 16.7. The smallest absolute Gasteiger partial charge is 0.122 e. The predicted octanol–water partition coefficient (Wildman–Crippen LogP) is 3.97. The summed E-state index contributed by atoms with van der Waals surface area (Å²) in [4.78, 5) is 0. The van der Waals surface area contributed by atoms with Gasteiger partial charge in [0.15, 0.2) is 0 Å². The number of aryl methyl sites for hydroxylation is 1. The van der Waals surface area contributed by atoms with Crippen molar-refractivity contribution in [2.24, 2.45) is 5.92 Å². The molecule has 0 radical (unpaired) electrons. The van der Waals surface area contributed by atoms with Crippen molar-refractivity contribution >= 4 is 0 Å². The number of unbranched alkanes of at least 4 members (excludes halogenated alkanes) is 2. The first-order valence-corrected chi connectivity index (χ1v) is 16.7. The molecule has 11 nitrogen and oxygen atoms in total. The quantitative estimate of drug-likeness (QED) is 0.107. The number of para-hydroxylation sites is 1. The van der Waals surface area contributed by atoms with Crippen LogP contribution in [-0.2, 0) is 49.1 Å². The molecule has 0 atom stereocenters. The molecule has 1 N–H and O–H groups in total. The van der Waals surface area contributed by atoms with Gasteiger partial charge in [0.1, 0.15) is 12.4 Å². The van der Waals surface area contributed by atoms with Gasteiger partial charge in [0.2, 0.25) is 0 Å². The Morgan fingerprint density at radius 2 is 0.844 bits per heavy atom. The van der Waals surface area contributed by atoms with E-state index in [0.717, 1.165) is 18.1 Å². The van der Waals surface area contributed by atoms with Gasteiger partial charge in [-0.05, 0) is 30.4 Å². The topological polar surface area (TPSA) is 113 Å². The van der Waals surface area contributed by atoms with Crippen LogP contribution in [-0.4, -0.2) is 137 Å². The van der Waals surface area contributed by atoms with E-state index >= 15 is 0 Å². The van der Waals surface area contributed by atoms with Crippen molar-refractivity contribution in [2.45, 2.75) is 46.0 Å². The Hall–Kier alpha value is -1.38. The van der Waals surface area contributed by atoms with Gasteiger partial charge in [-0.2, -0.15) is 0 Å². The first kappa shape index (κ1) is 41.6. The van der Waals surface area contributed by atoms with Gasteiger partial charge in [-0.25, -0.2) is 0 Å². The molecule has 0 aliphatic rings. The Kier molecular flexibility index (Phi) is 31.4. The lowest BCUT2D eigenvalue weighted by Gasteiger charge is -2.12. The number of aliphatic hydroxyl groups is 1. The summed E-state index contributed by atoms with van der Waals surface area (Å²) >= 11 is 0. The van der Waals surface area contributed by atoms with Gasteiger partial charge in [0.25, 0.3) is 0 Å². The van der Waals surface area contributed by atoms with Crippen molar-refractivity contribution < 1.29 is 52.5 Å². The van der Waals surface area contributed by atoms with Gasteiger partial charge < -0.3 is 52.5 Å². The molecular weight excluding hydrogens is 584 g/mol. The van der Waals surface area contributed by atoms with Crippen LogP contribution >= 0.6 is 0 Å². The normalized spacial score (nSPS) is 11.6. The van der Waals surface area contributed by atoms with Crippen LogP contribution in [0.2, 0.25) is 0 Å². The summed E-state index contributed by atoms with van der Waals surface area (Å²) in [6.07, 6.45) is 6.13. The van der Waals surface area contributed by atoms with Crippen LogP contribution in [0.15, 0.2) is 24.3 Å². The molecule has 0 aliphatic carbocycles. The predicted molar refractivity (Wildman–Crippen MR) is 173 cm³/mol. The molecule has 45 heavy (non-hydrogen) atoms. The fourth-order valence-corrected chi connectivity index (χ4v) is 4.03. The van der Waals surface area contributed by atoms with E-state index in [1.54, 1.807) is 0 Å². The lowest BCUT2D eigenvalue weighted by Crippen LogP contribution is -2.15. The highest BCUT2D eigenvalue weighted by molar-refractivity contribution is 5.33. The van der Waals surface area contributed by atoms with E-state index in [9.17, 15) is 0 Å². The highest BCUT2D eigenvalue weighted by Crippen LogP contribution is 2.21. The molecule has 0 heterocycles. The van der Waals surface area contributed by atoms with Gasteiger partial charge in [0, 0.05) is 0 Å². The van der Waals surface area contributed by atoms with Crippen molar-refractivity contribution in [3.05, 3.63) is 29.8 Å². The average molecular weight is 647 g/mol. The Balaban J connectivity index is 1.75. The first-order chi connectivity index (χ1) is 22.2. The molecule has 0 amide bonds. The van der Waals surface area contributed by atoms with Crippen LogP contribution in [0.25, 0.3) is 0 Å². The molecule has 0 aliphatic heterocycles. The van der Waals surface area contributed by atoms with Crippen LogP contribution in [0.4, 0.5) is 0 Å². The van der Waals surface area contributed by atoms with Crippen LogP contribution in [0.5, 0.6) is 5.75 Å². The minimum Gasteiger partial charge on any atom is -0.491 e. The number of hydrogen-bond donors (Lipinski definition) is 1. The minimum atomic E-state index is 0.0279. The summed E-state index contributed by atoms with van der Waals surface area (Å²) in [5.41, 5.74) is 1.28.